The van der Waals surface area contributed by atoms with E-state index in [-0.39, 0.29) is 11.5 Å². The zero-order valence-corrected chi connectivity index (χ0v) is 14.4. The molecule has 1 aromatic heterocycles. The SMILES string of the molecule is CCn1cc(C#N)c(=O)n(CC(=O)Nc2ccccc2C(C)C)c1=O. The minimum absolute atomic E-state index is 0.170. The molecule has 0 aliphatic rings. The first-order valence-electron chi connectivity index (χ1n) is 8.02. The van der Waals surface area contributed by atoms with Crippen LogP contribution in [0.5, 0.6) is 0 Å². The van der Waals surface area contributed by atoms with Gasteiger partial charge in [-0.2, -0.15) is 5.26 Å². The molecule has 0 aliphatic carbocycles. The molecular weight excluding hydrogens is 320 g/mol. The minimum atomic E-state index is -0.760. The van der Waals surface area contributed by atoms with E-state index in [4.69, 9.17) is 5.26 Å². The minimum Gasteiger partial charge on any atom is -0.324 e. The lowest BCUT2D eigenvalue weighted by atomic mass is 10.0. The monoisotopic (exact) mass is 340 g/mol. The molecule has 25 heavy (non-hydrogen) atoms. The van der Waals surface area contributed by atoms with Crippen LogP contribution in [-0.2, 0) is 17.9 Å². The summed E-state index contributed by atoms with van der Waals surface area (Å²) in [5, 5.41) is 11.8. The van der Waals surface area contributed by atoms with E-state index in [0.717, 1.165) is 10.1 Å². The van der Waals surface area contributed by atoms with E-state index in [9.17, 15) is 14.4 Å². The van der Waals surface area contributed by atoms with E-state index in [0.29, 0.717) is 12.2 Å². The zero-order valence-electron chi connectivity index (χ0n) is 14.4. The van der Waals surface area contributed by atoms with Crippen LogP contribution < -0.4 is 16.6 Å². The number of hydrogen-bond acceptors (Lipinski definition) is 4. The molecule has 1 heterocycles. The second-order valence-electron chi connectivity index (χ2n) is 5.90. The van der Waals surface area contributed by atoms with Crippen LogP contribution in [0.1, 0.15) is 37.8 Å². The molecule has 0 fully saturated rings. The number of nitrogens with zero attached hydrogens (tertiary/aromatic N) is 3. The lowest BCUT2D eigenvalue weighted by Gasteiger charge is -2.14. The van der Waals surface area contributed by atoms with Crippen molar-refractivity contribution in [3.63, 3.8) is 0 Å². The van der Waals surface area contributed by atoms with Gasteiger partial charge in [0.25, 0.3) is 5.56 Å². The number of anilines is 1. The van der Waals surface area contributed by atoms with E-state index < -0.39 is 23.7 Å². The summed E-state index contributed by atoms with van der Waals surface area (Å²) in [7, 11) is 0. The summed E-state index contributed by atoms with van der Waals surface area (Å²) in [6.45, 7) is 5.58. The molecule has 0 aliphatic heterocycles. The van der Waals surface area contributed by atoms with Gasteiger partial charge in [0.2, 0.25) is 5.91 Å². The average Bonchev–Trinajstić information content (AvgIpc) is 2.59. The Hall–Kier alpha value is -3.14. The maximum Gasteiger partial charge on any atom is 0.331 e. The number of hydrogen-bond donors (Lipinski definition) is 1. The van der Waals surface area contributed by atoms with Crippen LogP contribution >= 0.6 is 0 Å². The number of amides is 1. The summed E-state index contributed by atoms with van der Waals surface area (Å²) in [6.07, 6.45) is 1.22. The van der Waals surface area contributed by atoms with Gasteiger partial charge < -0.3 is 5.32 Å². The molecule has 0 radical (unpaired) electrons. The summed E-state index contributed by atoms with van der Waals surface area (Å²) in [5.41, 5.74) is 0.0582. The number of carbonyl (C=O) groups excluding carboxylic acids is 1. The van der Waals surface area contributed by atoms with Crippen molar-refractivity contribution in [3.05, 3.63) is 62.4 Å². The van der Waals surface area contributed by atoms with Gasteiger partial charge in [0, 0.05) is 18.4 Å². The molecule has 0 spiro atoms. The van der Waals surface area contributed by atoms with Crippen molar-refractivity contribution in [2.45, 2.75) is 39.8 Å². The van der Waals surface area contributed by atoms with Crippen LogP contribution in [0.25, 0.3) is 0 Å². The van der Waals surface area contributed by atoms with Crippen molar-refractivity contribution in [1.29, 1.82) is 5.26 Å². The standard InChI is InChI=1S/C18H20N4O3/c1-4-21-10-13(9-19)17(24)22(18(21)25)11-16(23)20-15-8-6-5-7-14(15)12(2)3/h5-8,10,12H,4,11H2,1-3H3,(H,20,23). The molecule has 2 rings (SSSR count). The number of nitriles is 1. The second-order valence-corrected chi connectivity index (χ2v) is 5.90. The molecular formula is C18H20N4O3. The number of nitrogens with one attached hydrogen (secondary N) is 1. The molecule has 1 amide bonds. The fourth-order valence-corrected chi connectivity index (χ4v) is 2.54. The first-order chi connectivity index (χ1) is 11.9. The number of aromatic nitrogens is 2. The van der Waals surface area contributed by atoms with Crippen molar-refractivity contribution in [2.24, 2.45) is 0 Å². The molecule has 1 N–H and O–H groups in total. The van der Waals surface area contributed by atoms with Crippen molar-refractivity contribution in [3.8, 4) is 6.07 Å². The zero-order chi connectivity index (χ0) is 18.6. The molecule has 2 aromatic rings. The lowest BCUT2D eigenvalue weighted by molar-refractivity contribution is -0.116. The van der Waals surface area contributed by atoms with Crippen LogP contribution in [0.15, 0.2) is 40.1 Å². The van der Waals surface area contributed by atoms with Crippen molar-refractivity contribution in [1.82, 2.24) is 9.13 Å². The molecule has 1 aromatic carbocycles. The lowest BCUT2D eigenvalue weighted by Crippen LogP contribution is -2.43. The van der Waals surface area contributed by atoms with E-state index in [1.165, 1.54) is 10.8 Å². The summed E-state index contributed by atoms with van der Waals surface area (Å²) < 4.78 is 2.02. The summed E-state index contributed by atoms with van der Waals surface area (Å²) in [4.78, 5) is 36.8. The smallest absolute Gasteiger partial charge is 0.324 e. The fourth-order valence-electron chi connectivity index (χ4n) is 2.54. The maximum atomic E-state index is 12.4. The number of benzene rings is 1. The topological polar surface area (TPSA) is 96.9 Å². The Kier molecular flexibility index (Phi) is 5.55. The van der Waals surface area contributed by atoms with Crippen LogP contribution in [0.2, 0.25) is 0 Å². The fraction of sp³-hybridized carbons (Fsp3) is 0.333. The third kappa shape index (κ3) is 3.86. The Morgan fingerprint density at radius 3 is 2.56 bits per heavy atom. The Bertz CT molecular complexity index is 948. The predicted molar refractivity (Wildman–Crippen MR) is 94.5 cm³/mol. The molecule has 7 nitrogen and oxygen atoms in total. The van der Waals surface area contributed by atoms with Crippen LogP contribution in [0.4, 0.5) is 5.69 Å². The molecule has 0 atom stereocenters. The number of para-hydroxylation sites is 1. The molecule has 0 unspecified atom stereocenters. The van der Waals surface area contributed by atoms with Gasteiger partial charge in [-0.05, 0) is 24.5 Å². The Labute approximate surface area is 145 Å². The Morgan fingerprint density at radius 1 is 1.28 bits per heavy atom. The number of aryl methyl sites for hydroxylation is 1. The van der Waals surface area contributed by atoms with E-state index >= 15 is 0 Å². The van der Waals surface area contributed by atoms with E-state index in [2.05, 4.69) is 5.32 Å². The van der Waals surface area contributed by atoms with Crippen molar-refractivity contribution >= 4 is 11.6 Å². The van der Waals surface area contributed by atoms with Gasteiger partial charge in [0.1, 0.15) is 18.2 Å². The largest absolute Gasteiger partial charge is 0.331 e. The molecule has 0 saturated carbocycles. The van der Waals surface area contributed by atoms with Gasteiger partial charge in [0.15, 0.2) is 0 Å². The van der Waals surface area contributed by atoms with Crippen molar-refractivity contribution < 1.29 is 4.79 Å². The summed E-state index contributed by atoms with van der Waals surface area (Å²) >= 11 is 0. The van der Waals surface area contributed by atoms with E-state index in [1.807, 2.05) is 26.0 Å². The third-order valence-corrected chi connectivity index (χ3v) is 3.86. The quantitative estimate of drug-likeness (QED) is 0.895. The molecule has 0 bridgehead atoms. The van der Waals surface area contributed by atoms with Crippen LogP contribution in [0, 0.1) is 11.3 Å². The van der Waals surface area contributed by atoms with Gasteiger partial charge >= 0.3 is 5.69 Å². The number of rotatable bonds is 5. The molecule has 7 heteroatoms. The van der Waals surface area contributed by atoms with Crippen LogP contribution in [0.3, 0.4) is 0 Å². The normalized spacial score (nSPS) is 10.5. The van der Waals surface area contributed by atoms with E-state index in [1.54, 1.807) is 25.1 Å². The van der Waals surface area contributed by atoms with Gasteiger partial charge in [-0.15, -0.1) is 0 Å². The van der Waals surface area contributed by atoms with Crippen molar-refractivity contribution in [2.75, 3.05) is 5.32 Å². The highest BCUT2D eigenvalue weighted by molar-refractivity contribution is 5.91. The average molecular weight is 340 g/mol. The Balaban J connectivity index is 2.35. The molecule has 130 valence electrons. The van der Waals surface area contributed by atoms with Gasteiger partial charge in [-0.3, -0.25) is 14.2 Å². The highest BCUT2D eigenvalue weighted by Crippen LogP contribution is 2.23. The third-order valence-electron chi connectivity index (χ3n) is 3.86. The predicted octanol–water partition coefficient (Wildman–Crippen LogP) is 1.66. The number of carbonyl (C=O) groups is 1. The van der Waals surface area contributed by atoms with Gasteiger partial charge in [-0.25, -0.2) is 9.36 Å². The summed E-state index contributed by atoms with van der Waals surface area (Å²) in [6, 6.07) is 9.12. The Morgan fingerprint density at radius 2 is 1.96 bits per heavy atom. The second kappa shape index (κ2) is 7.62. The van der Waals surface area contributed by atoms with Crippen LogP contribution in [-0.4, -0.2) is 15.0 Å². The van der Waals surface area contributed by atoms with Gasteiger partial charge in [0.05, 0.1) is 0 Å². The first kappa shape index (κ1) is 18.2. The van der Waals surface area contributed by atoms with Gasteiger partial charge in [-0.1, -0.05) is 32.0 Å². The highest BCUT2D eigenvalue weighted by atomic mass is 16.2. The maximum absolute atomic E-state index is 12.4. The first-order valence-corrected chi connectivity index (χ1v) is 8.02. The molecule has 0 saturated heterocycles. The summed E-state index contributed by atoms with van der Waals surface area (Å²) in [5.74, 6) is -0.288. The highest BCUT2D eigenvalue weighted by Gasteiger charge is 2.15.